The maximum atomic E-state index is 12.7. The first kappa shape index (κ1) is 16.3. The lowest BCUT2D eigenvalue weighted by Crippen LogP contribution is -2.51. The minimum absolute atomic E-state index is 0.00628. The molecule has 0 radical (unpaired) electrons. The SMILES string of the molecule is C=CCN(CC(=O)O)C(=O)N1CCCC(C(F)(F)F)C1. The van der Waals surface area contributed by atoms with E-state index in [2.05, 4.69) is 6.58 Å². The molecular formula is C12H17F3N2O3. The fourth-order valence-corrected chi connectivity index (χ4v) is 2.15. The predicted octanol–water partition coefficient (Wildman–Crippen LogP) is 1.95. The van der Waals surface area contributed by atoms with Gasteiger partial charge in [-0.25, -0.2) is 4.79 Å². The van der Waals surface area contributed by atoms with Crippen molar-refractivity contribution in [3.05, 3.63) is 12.7 Å². The summed E-state index contributed by atoms with van der Waals surface area (Å²) in [5.41, 5.74) is 0. The van der Waals surface area contributed by atoms with Gasteiger partial charge in [0.15, 0.2) is 0 Å². The third-order valence-electron chi connectivity index (χ3n) is 3.10. The second kappa shape index (κ2) is 6.62. The molecule has 1 atom stereocenters. The monoisotopic (exact) mass is 294 g/mol. The number of nitrogens with zero attached hydrogens (tertiary/aromatic N) is 2. The first-order valence-corrected chi connectivity index (χ1v) is 6.19. The maximum Gasteiger partial charge on any atom is 0.393 e. The third-order valence-corrected chi connectivity index (χ3v) is 3.10. The van der Waals surface area contributed by atoms with Crippen LogP contribution in [0.5, 0.6) is 0 Å². The fraction of sp³-hybridized carbons (Fsp3) is 0.667. The summed E-state index contributed by atoms with van der Waals surface area (Å²) in [5, 5.41) is 8.71. The van der Waals surface area contributed by atoms with E-state index in [-0.39, 0.29) is 25.9 Å². The zero-order chi connectivity index (χ0) is 15.3. The van der Waals surface area contributed by atoms with Crippen molar-refractivity contribution in [2.24, 2.45) is 5.92 Å². The number of likely N-dealkylation sites (tertiary alicyclic amines) is 1. The summed E-state index contributed by atoms with van der Waals surface area (Å²) in [6.45, 7) is 2.62. The van der Waals surface area contributed by atoms with Crippen molar-refractivity contribution < 1.29 is 27.9 Å². The van der Waals surface area contributed by atoms with E-state index in [1.165, 1.54) is 6.08 Å². The van der Waals surface area contributed by atoms with Gasteiger partial charge in [-0.3, -0.25) is 4.79 Å². The van der Waals surface area contributed by atoms with Crippen LogP contribution in [0.25, 0.3) is 0 Å². The van der Waals surface area contributed by atoms with Gasteiger partial charge < -0.3 is 14.9 Å². The van der Waals surface area contributed by atoms with E-state index in [9.17, 15) is 22.8 Å². The number of piperidine rings is 1. The van der Waals surface area contributed by atoms with Crippen molar-refractivity contribution in [3.63, 3.8) is 0 Å². The van der Waals surface area contributed by atoms with Crippen LogP contribution < -0.4 is 0 Å². The van der Waals surface area contributed by atoms with Crippen molar-refractivity contribution in [2.75, 3.05) is 26.2 Å². The minimum atomic E-state index is -4.34. The topological polar surface area (TPSA) is 60.9 Å². The van der Waals surface area contributed by atoms with E-state index in [1.54, 1.807) is 0 Å². The maximum absolute atomic E-state index is 12.7. The number of amides is 2. The number of halogens is 3. The molecule has 1 saturated heterocycles. The molecule has 0 aromatic rings. The lowest BCUT2D eigenvalue weighted by atomic mass is 9.98. The molecule has 8 heteroatoms. The van der Waals surface area contributed by atoms with E-state index in [4.69, 9.17) is 5.11 Å². The van der Waals surface area contributed by atoms with Gasteiger partial charge in [0.25, 0.3) is 0 Å². The van der Waals surface area contributed by atoms with Gasteiger partial charge in [0.2, 0.25) is 0 Å². The highest BCUT2D eigenvalue weighted by atomic mass is 19.4. The molecule has 0 aliphatic carbocycles. The van der Waals surface area contributed by atoms with E-state index in [0.717, 1.165) is 9.80 Å². The molecule has 20 heavy (non-hydrogen) atoms. The molecule has 1 aliphatic rings. The molecule has 0 spiro atoms. The largest absolute Gasteiger partial charge is 0.480 e. The molecule has 0 saturated carbocycles. The van der Waals surface area contributed by atoms with Gasteiger partial charge >= 0.3 is 18.2 Å². The van der Waals surface area contributed by atoms with Gasteiger partial charge in [-0.05, 0) is 12.8 Å². The average Bonchev–Trinajstić information content (AvgIpc) is 2.36. The smallest absolute Gasteiger partial charge is 0.393 e. The molecule has 1 heterocycles. The zero-order valence-electron chi connectivity index (χ0n) is 10.9. The Bertz CT molecular complexity index is 385. The second-order valence-electron chi connectivity index (χ2n) is 4.67. The fourth-order valence-electron chi connectivity index (χ4n) is 2.15. The number of carboxylic acids is 1. The molecule has 5 nitrogen and oxygen atoms in total. The third kappa shape index (κ3) is 4.43. The summed E-state index contributed by atoms with van der Waals surface area (Å²) in [6, 6.07) is -0.693. The number of hydrogen-bond acceptors (Lipinski definition) is 2. The van der Waals surface area contributed by atoms with Crippen LogP contribution in [0.2, 0.25) is 0 Å². The molecule has 1 aliphatic heterocycles. The highest BCUT2D eigenvalue weighted by Gasteiger charge is 2.43. The van der Waals surface area contributed by atoms with Gasteiger partial charge in [-0.15, -0.1) is 6.58 Å². The Kier molecular flexibility index (Phi) is 5.41. The standard InChI is InChI=1S/C12H17F3N2O3/c1-2-5-16(8-10(18)19)11(20)17-6-3-4-9(7-17)12(13,14)15/h2,9H,1,3-8H2,(H,18,19). The molecular weight excluding hydrogens is 277 g/mol. The normalized spacial score (nSPS) is 19.6. The zero-order valence-corrected chi connectivity index (χ0v) is 10.9. The Balaban J connectivity index is 2.73. The first-order valence-electron chi connectivity index (χ1n) is 6.19. The molecule has 1 rings (SSSR count). The van der Waals surface area contributed by atoms with Gasteiger partial charge in [-0.2, -0.15) is 13.2 Å². The van der Waals surface area contributed by atoms with Crippen LogP contribution >= 0.6 is 0 Å². The van der Waals surface area contributed by atoms with Crippen LogP contribution in [0.1, 0.15) is 12.8 Å². The summed E-state index contributed by atoms with van der Waals surface area (Å²) in [7, 11) is 0. The van der Waals surface area contributed by atoms with E-state index < -0.39 is 37.2 Å². The molecule has 114 valence electrons. The molecule has 0 aromatic carbocycles. The first-order chi connectivity index (χ1) is 9.25. The van der Waals surface area contributed by atoms with Crippen molar-refractivity contribution in [2.45, 2.75) is 19.0 Å². The number of urea groups is 1. The molecule has 1 fully saturated rings. The second-order valence-corrected chi connectivity index (χ2v) is 4.67. The van der Waals surface area contributed by atoms with Crippen LogP contribution in [0.15, 0.2) is 12.7 Å². The summed E-state index contributed by atoms with van der Waals surface area (Å²) >= 11 is 0. The van der Waals surface area contributed by atoms with E-state index in [1.807, 2.05) is 0 Å². The van der Waals surface area contributed by atoms with Crippen LogP contribution in [0.3, 0.4) is 0 Å². The number of carbonyl (C=O) groups excluding carboxylic acids is 1. The van der Waals surface area contributed by atoms with E-state index in [0.29, 0.717) is 0 Å². The minimum Gasteiger partial charge on any atom is -0.480 e. The quantitative estimate of drug-likeness (QED) is 0.806. The van der Waals surface area contributed by atoms with Gasteiger partial charge in [-0.1, -0.05) is 6.08 Å². The van der Waals surface area contributed by atoms with Crippen molar-refractivity contribution in [1.29, 1.82) is 0 Å². The Morgan fingerprint density at radius 1 is 1.45 bits per heavy atom. The highest BCUT2D eigenvalue weighted by Crippen LogP contribution is 2.33. The number of carboxylic acid groups (broad SMARTS) is 1. The van der Waals surface area contributed by atoms with Gasteiger partial charge in [0, 0.05) is 19.6 Å². The number of aliphatic carboxylic acids is 1. The predicted molar refractivity (Wildman–Crippen MR) is 65.2 cm³/mol. The van der Waals surface area contributed by atoms with Crippen molar-refractivity contribution >= 4 is 12.0 Å². The lowest BCUT2D eigenvalue weighted by molar-refractivity contribution is -0.184. The average molecular weight is 294 g/mol. The Labute approximate surface area is 114 Å². The van der Waals surface area contributed by atoms with Gasteiger partial charge in [0.1, 0.15) is 6.54 Å². The molecule has 2 amide bonds. The van der Waals surface area contributed by atoms with Crippen molar-refractivity contribution in [1.82, 2.24) is 9.80 Å². The molecule has 0 bridgehead atoms. The lowest BCUT2D eigenvalue weighted by Gasteiger charge is -2.36. The summed E-state index contributed by atoms with van der Waals surface area (Å²) in [4.78, 5) is 24.8. The Morgan fingerprint density at radius 2 is 2.10 bits per heavy atom. The number of rotatable bonds is 4. The van der Waals surface area contributed by atoms with E-state index >= 15 is 0 Å². The number of hydrogen-bond donors (Lipinski definition) is 1. The summed E-state index contributed by atoms with van der Waals surface area (Å²) in [5.74, 6) is -2.76. The van der Waals surface area contributed by atoms with Gasteiger partial charge in [0.05, 0.1) is 5.92 Å². The Hall–Kier alpha value is -1.73. The summed E-state index contributed by atoms with van der Waals surface area (Å²) in [6.07, 6.45) is -2.75. The highest BCUT2D eigenvalue weighted by molar-refractivity contribution is 5.80. The van der Waals surface area contributed by atoms with Crippen LogP contribution in [0, 0.1) is 5.92 Å². The van der Waals surface area contributed by atoms with Crippen LogP contribution in [-0.4, -0.2) is 59.3 Å². The van der Waals surface area contributed by atoms with Crippen LogP contribution in [-0.2, 0) is 4.79 Å². The van der Waals surface area contributed by atoms with Crippen molar-refractivity contribution in [3.8, 4) is 0 Å². The molecule has 1 unspecified atom stereocenters. The summed E-state index contributed by atoms with van der Waals surface area (Å²) < 4.78 is 38.0. The number of alkyl halides is 3. The number of carbonyl (C=O) groups is 2. The Morgan fingerprint density at radius 3 is 2.60 bits per heavy atom. The van der Waals surface area contributed by atoms with Crippen LogP contribution in [0.4, 0.5) is 18.0 Å². The molecule has 0 aromatic heterocycles. The molecule has 1 N–H and O–H groups in total.